The van der Waals surface area contributed by atoms with E-state index in [1.807, 2.05) is 0 Å². The van der Waals surface area contributed by atoms with Crippen molar-refractivity contribution >= 4 is 23.7 Å². The quantitative estimate of drug-likeness (QED) is 0.830. The van der Waals surface area contributed by atoms with Crippen molar-refractivity contribution in [3.05, 3.63) is 29.3 Å². The van der Waals surface area contributed by atoms with Gasteiger partial charge < -0.3 is 20.1 Å². The average Bonchev–Trinajstić information content (AvgIpc) is 3.06. The molecule has 7 nitrogen and oxygen atoms in total. The normalized spacial score (nSPS) is 14.2. The van der Waals surface area contributed by atoms with Gasteiger partial charge in [-0.05, 0) is 31.0 Å². The van der Waals surface area contributed by atoms with Gasteiger partial charge in [0.1, 0.15) is 0 Å². The van der Waals surface area contributed by atoms with Crippen LogP contribution in [0.1, 0.15) is 46.4 Å². The van der Waals surface area contributed by atoms with E-state index in [1.165, 1.54) is 32.4 Å². The third-order valence-electron chi connectivity index (χ3n) is 3.78. The zero-order valence-corrected chi connectivity index (χ0v) is 13.2. The van der Waals surface area contributed by atoms with Crippen LogP contribution in [-0.2, 0) is 9.47 Å². The van der Waals surface area contributed by atoms with Gasteiger partial charge >= 0.3 is 18.0 Å². The van der Waals surface area contributed by atoms with Crippen LogP contribution in [0.3, 0.4) is 0 Å². The van der Waals surface area contributed by atoms with Crippen LogP contribution in [0, 0.1) is 0 Å². The summed E-state index contributed by atoms with van der Waals surface area (Å²) in [4.78, 5) is 35.5. The number of esters is 2. The van der Waals surface area contributed by atoms with Gasteiger partial charge in [-0.2, -0.15) is 0 Å². The molecule has 0 unspecified atom stereocenters. The van der Waals surface area contributed by atoms with Crippen molar-refractivity contribution in [3.63, 3.8) is 0 Å². The van der Waals surface area contributed by atoms with E-state index in [9.17, 15) is 14.4 Å². The van der Waals surface area contributed by atoms with Gasteiger partial charge in [0.15, 0.2) is 0 Å². The molecule has 23 heavy (non-hydrogen) atoms. The number of carbonyl (C=O) groups is 3. The van der Waals surface area contributed by atoms with Gasteiger partial charge in [0, 0.05) is 6.04 Å². The minimum atomic E-state index is -0.599. The fourth-order valence-electron chi connectivity index (χ4n) is 2.59. The summed E-state index contributed by atoms with van der Waals surface area (Å²) in [6.45, 7) is 0. The summed E-state index contributed by atoms with van der Waals surface area (Å²) in [5.74, 6) is -1.15. The van der Waals surface area contributed by atoms with Crippen molar-refractivity contribution in [2.24, 2.45) is 0 Å². The predicted octanol–water partition coefficient (Wildman–Crippen LogP) is 2.32. The average molecular weight is 320 g/mol. The fourth-order valence-corrected chi connectivity index (χ4v) is 2.59. The Balaban J connectivity index is 2.19. The Morgan fingerprint density at radius 3 is 2.30 bits per heavy atom. The van der Waals surface area contributed by atoms with Crippen molar-refractivity contribution in [1.29, 1.82) is 0 Å². The molecule has 7 heteroatoms. The monoisotopic (exact) mass is 320 g/mol. The first kappa shape index (κ1) is 16.8. The number of hydrogen-bond acceptors (Lipinski definition) is 5. The van der Waals surface area contributed by atoms with Crippen LogP contribution in [0.5, 0.6) is 0 Å². The van der Waals surface area contributed by atoms with Gasteiger partial charge in [-0.1, -0.05) is 12.8 Å². The van der Waals surface area contributed by atoms with Crippen molar-refractivity contribution in [2.45, 2.75) is 31.7 Å². The molecule has 2 N–H and O–H groups in total. The number of nitrogens with one attached hydrogen (secondary N) is 2. The fraction of sp³-hybridized carbons (Fsp3) is 0.438. The standard InChI is InChI=1S/C16H20N2O5/c1-22-14(19)10-7-8-12(15(20)23-2)13(9-10)18-16(21)17-11-5-3-4-6-11/h7-9,11H,3-6H2,1-2H3,(H2,17,18,21). The number of methoxy groups -OCH3 is 2. The van der Waals surface area contributed by atoms with E-state index in [-0.39, 0.29) is 22.9 Å². The predicted molar refractivity (Wildman–Crippen MR) is 83.5 cm³/mol. The van der Waals surface area contributed by atoms with E-state index < -0.39 is 18.0 Å². The highest BCUT2D eigenvalue weighted by Gasteiger charge is 2.20. The maximum Gasteiger partial charge on any atom is 0.339 e. The second-order valence-corrected chi connectivity index (χ2v) is 5.32. The molecule has 1 aliphatic carbocycles. The molecule has 0 bridgehead atoms. The lowest BCUT2D eigenvalue weighted by molar-refractivity contribution is 0.0587. The van der Waals surface area contributed by atoms with Crippen LogP contribution in [0.25, 0.3) is 0 Å². The SMILES string of the molecule is COC(=O)c1ccc(C(=O)OC)c(NC(=O)NC2CCCC2)c1. The number of carbonyl (C=O) groups excluding carboxylic acids is 3. The summed E-state index contributed by atoms with van der Waals surface area (Å²) in [6, 6.07) is 3.98. The van der Waals surface area contributed by atoms with Crippen molar-refractivity contribution in [3.8, 4) is 0 Å². The van der Waals surface area contributed by atoms with E-state index in [2.05, 4.69) is 15.4 Å². The summed E-state index contributed by atoms with van der Waals surface area (Å²) in [6.07, 6.45) is 4.07. The molecule has 1 fully saturated rings. The zero-order chi connectivity index (χ0) is 16.8. The number of urea groups is 1. The van der Waals surface area contributed by atoms with E-state index in [0.717, 1.165) is 25.7 Å². The third kappa shape index (κ3) is 4.21. The van der Waals surface area contributed by atoms with Gasteiger partial charge in [-0.15, -0.1) is 0 Å². The molecule has 0 heterocycles. The Labute approximate surface area is 134 Å². The minimum Gasteiger partial charge on any atom is -0.465 e. The molecule has 0 aromatic heterocycles. The molecule has 1 aliphatic rings. The molecular weight excluding hydrogens is 300 g/mol. The van der Waals surface area contributed by atoms with E-state index in [1.54, 1.807) is 0 Å². The van der Waals surface area contributed by atoms with Gasteiger partial charge in [0.2, 0.25) is 0 Å². The van der Waals surface area contributed by atoms with Gasteiger partial charge in [-0.3, -0.25) is 0 Å². The van der Waals surface area contributed by atoms with Crippen LogP contribution >= 0.6 is 0 Å². The van der Waals surface area contributed by atoms with Crippen LogP contribution in [0.2, 0.25) is 0 Å². The molecule has 0 spiro atoms. The Morgan fingerprint density at radius 1 is 1.04 bits per heavy atom. The summed E-state index contributed by atoms with van der Waals surface area (Å²) in [7, 11) is 2.51. The number of amides is 2. The minimum absolute atomic E-state index is 0.139. The molecular formula is C16H20N2O5. The first-order chi connectivity index (χ1) is 11.0. The molecule has 1 aromatic rings. The molecule has 2 rings (SSSR count). The number of rotatable bonds is 4. The molecule has 1 saturated carbocycles. The van der Waals surface area contributed by atoms with E-state index in [0.29, 0.717) is 0 Å². The maximum atomic E-state index is 12.1. The molecule has 0 saturated heterocycles. The highest BCUT2D eigenvalue weighted by Crippen LogP contribution is 2.21. The van der Waals surface area contributed by atoms with Crippen LogP contribution in [0.4, 0.5) is 10.5 Å². The molecule has 124 valence electrons. The molecule has 0 radical (unpaired) electrons. The summed E-state index contributed by atoms with van der Waals surface area (Å²) < 4.78 is 9.34. The zero-order valence-electron chi connectivity index (χ0n) is 13.2. The summed E-state index contributed by atoms with van der Waals surface area (Å²) >= 11 is 0. The van der Waals surface area contributed by atoms with Gasteiger partial charge in [-0.25, -0.2) is 14.4 Å². The van der Waals surface area contributed by atoms with Gasteiger partial charge in [0.25, 0.3) is 0 Å². The lowest BCUT2D eigenvalue weighted by Gasteiger charge is -2.15. The molecule has 0 atom stereocenters. The number of anilines is 1. The Morgan fingerprint density at radius 2 is 1.70 bits per heavy atom. The lowest BCUT2D eigenvalue weighted by atomic mass is 10.1. The highest BCUT2D eigenvalue weighted by molar-refractivity contribution is 6.03. The topological polar surface area (TPSA) is 93.7 Å². The van der Waals surface area contributed by atoms with Crippen LogP contribution < -0.4 is 10.6 Å². The second kappa shape index (κ2) is 7.62. The number of ether oxygens (including phenoxy) is 2. The smallest absolute Gasteiger partial charge is 0.339 e. The second-order valence-electron chi connectivity index (χ2n) is 5.32. The Bertz CT molecular complexity index is 608. The largest absolute Gasteiger partial charge is 0.465 e. The molecule has 1 aromatic carbocycles. The Kier molecular flexibility index (Phi) is 5.56. The maximum absolute atomic E-state index is 12.1. The van der Waals surface area contributed by atoms with Crippen LogP contribution in [-0.4, -0.2) is 38.2 Å². The number of benzene rings is 1. The van der Waals surface area contributed by atoms with Crippen molar-refractivity contribution < 1.29 is 23.9 Å². The summed E-state index contributed by atoms with van der Waals surface area (Å²) in [5, 5.41) is 5.47. The van der Waals surface area contributed by atoms with Gasteiger partial charge in [0.05, 0.1) is 31.0 Å². The van der Waals surface area contributed by atoms with Crippen molar-refractivity contribution in [2.75, 3.05) is 19.5 Å². The third-order valence-corrected chi connectivity index (χ3v) is 3.78. The van der Waals surface area contributed by atoms with E-state index in [4.69, 9.17) is 4.74 Å². The first-order valence-electron chi connectivity index (χ1n) is 7.43. The number of hydrogen-bond donors (Lipinski definition) is 2. The summed E-state index contributed by atoms with van der Waals surface area (Å²) in [5.41, 5.74) is 0.605. The highest BCUT2D eigenvalue weighted by atomic mass is 16.5. The van der Waals surface area contributed by atoms with E-state index >= 15 is 0 Å². The van der Waals surface area contributed by atoms with Crippen LogP contribution in [0.15, 0.2) is 18.2 Å². The molecule has 0 aliphatic heterocycles. The Hall–Kier alpha value is -2.57. The first-order valence-corrected chi connectivity index (χ1v) is 7.43. The molecule has 2 amide bonds. The lowest BCUT2D eigenvalue weighted by Crippen LogP contribution is -2.36. The van der Waals surface area contributed by atoms with Crippen molar-refractivity contribution in [1.82, 2.24) is 5.32 Å².